The number of hydrogen-bond acceptors (Lipinski definition) is 6. The molecule has 25 heavy (non-hydrogen) atoms. The van der Waals surface area contributed by atoms with Crippen molar-refractivity contribution < 1.29 is 14.3 Å². The highest BCUT2D eigenvalue weighted by Gasteiger charge is 2.16. The highest BCUT2D eigenvalue weighted by Crippen LogP contribution is 2.32. The van der Waals surface area contributed by atoms with Crippen molar-refractivity contribution in [1.29, 1.82) is 0 Å². The van der Waals surface area contributed by atoms with Crippen molar-refractivity contribution in [3.8, 4) is 11.5 Å². The Morgan fingerprint density at radius 2 is 1.84 bits per heavy atom. The molecule has 1 aliphatic carbocycles. The number of aromatic nitrogens is 2. The largest absolute Gasteiger partial charge is 0.486 e. The molecule has 1 aromatic carbocycles. The summed E-state index contributed by atoms with van der Waals surface area (Å²) in [5, 5.41) is 6.16. The first-order valence-corrected chi connectivity index (χ1v) is 8.57. The third kappa shape index (κ3) is 3.65. The summed E-state index contributed by atoms with van der Waals surface area (Å²) in [6.07, 6.45) is 7.92. The summed E-state index contributed by atoms with van der Waals surface area (Å²) >= 11 is 0. The number of carbonyl (C=O) groups is 1. The van der Waals surface area contributed by atoms with Crippen LogP contribution in [-0.4, -0.2) is 35.1 Å². The van der Waals surface area contributed by atoms with Crippen molar-refractivity contribution in [3.05, 3.63) is 36.3 Å². The number of carbonyl (C=O) groups excluding carboxylic acids is 1. The SMILES string of the molecule is O=C(Nc1ccc2c(c1)OCCO2)c1cnc(NC2CCCC2)cn1. The van der Waals surface area contributed by atoms with E-state index in [2.05, 4.69) is 20.6 Å². The molecule has 2 N–H and O–H groups in total. The molecule has 0 atom stereocenters. The van der Waals surface area contributed by atoms with Crippen LogP contribution in [0.2, 0.25) is 0 Å². The lowest BCUT2D eigenvalue weighted by Crippen LogP contribution is -2.18. The van der Waals surface area contributed by atoms with Gasteiger partial charge in [0.1, 0.15) is 24.7 Å². The fraction of sp³-hybridized carbons (Fsp3) is 0.389. The highest BCUT2D eigenvalue weighted by atomic mass is 16.6. The molecule has 2 heterocycles. The zero-order valence-electron chi connectivity index (χ0n) is 13.8. The molecule has 2 aliphatic rings. The second-order valence-electron chi connectivity index (χ2n) is 6.23. The van der Waals surface area contributed by atoms with Gasteiger partial charge in [0, 0.05) is 17.8 Å². The maximum absolute atomic E-state index is 12.3. The molecule has 1 fully saturated rings. The molecule has 1 saturated carbocycles. The number of ether oxygens (including phenoxy) is 2. The zero-order chi connectivity index (χ0) is 17.1. The van der Waals surface area contributed by atoms with Gasteiger partial charge in [-0.15, -0.1) is 0 Å². The summed E-state index contributed by atoms with van der Waals surface area (Å²) in [6.45, 7) is 1.04. The molecule has 0 unspecified atom stereocenters. The quantitative estimate of drug-likeness (QED) is 0.890. The summed E-state index contributed by atoms with van der Waals surface area (Å²) in [4.78, 5) is 20.8. The van der Waals surface area contributed by atoms with Gasteiger partial charge in [0.25, 0.3) is 5.91 Å². The van der Waals surface area contributed by atoms with Crippen molar-refractivity contribution in [2.75, 3.05) is 23.8 Å². The lowest BCUT2D eigenvalue weighted by molar-refractivity contribution is 0.102. The lowest BCUT2D eigenvalue weighted by Gasteiger charge is -2.19. The maximum atomic E-state index is 12.3. The standard InChI is InChI=1S/C18H20N4O3/c23-18(22-13-5-6-15-16(9-13)25-8-7-24-15)14-10-20-17(11-19-14)21-12-3-1-2-4-12/h5-6,9-12H,1-4,7-8H2,(H,20,21)(H,22,23). The van der Waals surface area contributed by atoms with Gasteiger partial charge in [-0.25, -0.2) is 9.97 Å². The van der Waals surface area contributed by atoms with Crippen molar-refractivity contribution in [2.24, 2.45) is 0 Å². The first-order valence-electron chi connectivity index (χ1n) is 8.57. The Balaban J connectivity index is 1.40. The minimum absolute atomic E-state index is 0.270. The van der Waals surface area contributed by atoms with Gasteiger partial charge in [0.15, 0.2) is 11.5 Å². The van der Waals surface area contributed by atoms with Crippen molar-refractivity contribution in [1.82, 2.24) is 9.97 Å². The summed E-state index contributed by atoms with van der Waals surface area (Å²) in [7, 11) is 0. The minimum atomic E-state index is -0.309. The van der Waals surface area contributed by atoms with Crippen molar-refractivity contribution >= 4 is 17.4 Å². The van der Waals surface area contributed by atoms with E-state index in [4.69, 9.17) is 9.47 Å². The number of hydrogen-bond donors (Lipinski definition) is 2. The summed E-state index contributed by atoms with van der Waals surface area (Å²) in [5.74, 6) is 1.72. The summed E-state index contributed by atoms with van der Waals surface area (Å²) in [5.41, 5.74) is 0.899. The molecule has 130 valence electrons. The van der Waals surface area contributed by atoms with E-state index in [0.717, 1.165) is 12.8 Å². The zero-order valence-corrected chi connectivity index (χ0v) is 13.8. The van der Waals surface area contributed by atoms with Gasteiger partial charge in [0.2, 0.25) is 0 Å². The van der Waals surface area contributed by atoms with Crippen LogP contribution in [0, 0.1) is 0 Å². The van der Waals surface area contributed by atoms with Crippen molar-refractivity contribution in [2.45, 2.75) is 31.7 Å². The average Bonchev–Trinajstić information content (AvgIpc) is 3.15. The molecule has 0 bridgehead atoms. The Bertz CT molecular complexity index is 757. The van der Waals surface area contributed by atoms with Gasteiger partial charge in [0.05, 0.1) is 12.4 Å². The number of anilines is 2. The van der Waals surface area contributed by atoms with Crippen LogP contribution in [0.25, 0.3) is 0 Å². The Hall–Kier alpha value is -2.83. The van der Waals surface area contributed by atoms with Crippen LogP contribution in [0.5, 0.6) is 11.5 Å². The molecule has 4 rings (SSSR count). The highest BCUT2D eigenvalue weighted by molar-refractivity contribution is 6.02. The molecule has 0 radical (unpaired) electrons. The molecule has 1 aliphatic heterocycles. The third-order valence-corrected chi connectivity index (χ3v) is 4.39. The Morgan fingerprint density at radius 1 is 1.04 bits per heavy atom. The van der Waals surface area contributed by atoms with Crippen LogP contribution in [-0.2, 0) is 0 Å². The van der Waals surface area contributed by atoms with Crippen LogP contribution >= 0.6 is 0 Å². The molecule has 1 aromatic heterocycles. The summed E-state index contributed by atoms with van der Waals surface area (Å²) < 4.78 is 11.0. The van der Waals surface area contributed by atoms with E-state index in [0.29, 0.717) is 42.3 Å². The number of nitrogens with one attached hydrogen (secondary N) is 2. The average molecular weight is 340 g/mol. The number of nitrogens with zero attached hydrogens (tertiary/aromatic N) is 2. The van der Waals surface area contributed by atoms with Crippen LogP contribution in [0.4, 0.5) is 11.5 Å². The van der Waals surface area contributed by atoms with E-state index in [1.54, 1.807) is 24.4 Å². The maximum Gasteiger partial charge on any atom is 0.275 e. The summed E-state index contributed by atoms with van der Waals surface area (Å²) in [6, 6.07) is 5.77. The van der Waals surface area contributed by atoms with Gasteiger partial charge >= 0.3 is 0 Å². The number of rotatable bonds is 4. The molecule has 7 heteroatoms. The molecular formula is C18H20N4O3. The van der Waals surface area contributed by atoms with E-state index in [1.807, 2.05) is 0 Å². The van der Waals surface area contributed by atoms with Crippen molar-refractivity contribution in [3.63, 3.8) is 0 Å². The molecule has 0 spiro atoms. The second-order valence-corrected chi connectivity index (χ2v) is 6.23. The Labute approximate surface area is 145 Å². The van der Waals surface area contributed by atoms with Gasteiger partial charge in [-0.1, -0.05) is 12.8 Å². The molecule has 0 saturated heterocycles. The monoisotopic (exact) mass is 340 g/mol. The van der Waals surface area contributed by atoms with Gasteiger partial charge in [-0.2, -0.15) is 0 Å². The van der Waals surface area contributed by atoms with E-state index >= 15 is 0 Å². The smallest absolute Gasteiger partial charge is 0.275 e. The normalized spacial score (nSPS) is 16.5. The van der Waals surface area contributed by atoms with Crippen LogP contribution < -0.4 is 20.1 Å². The predicted octanol–water partition coefficient (Wildman–Crippen LogP) is 2.85. The van der Waals surface area contributed by atoms with Gasteiger partial charge < -0.3 is 20.1 Å². The number of fused-ring (bicyclic) bond motifs is 1. The van der Waals surface area contributed by atoms with E-state index in [1.165, 1.54) is 19.0 Å². The Morgan fingerprint density at radius 3 is 2.60 bits per heavy atom. The third-order valence-electron chi connectivity index (χ3n) is 4.39. The number of amides is 1. The lowest BCUT2D eigenvalue weighted by atomic mass is 10.2. The predicted molar refractivity (Wildman–Crippen MR) is 93.3 cm³/mol. The molecule has 1 amide bonds. The van der Waals surface area contributed by atoms with E-state index in [-0.39, 0.29) is 11.6 Å². The van der Waals surface area contributed by atoms with Gasteiger partial charge in [-0.05, 0) is 25.0 Å². The fourth-order valence-corrected chi connectivity index (χ4v) is 3.12. The van der Waals surface area contributed by atoms with Crippen LogP contribution in [0.15, 0.2) is 30.6 Å². The first-order chi connectivity index (χ1) is 12.3. The Kier molecular flexibility index (Phi) is 4.37. The number of benzene rings is 1. The minimum Gasteiger partial charge on any atom is -0.486 e. The van der Waals surface area contributed by atoms with Crippen LogP contribution in [0.1, 0.15) is 36.2 Å². The van der Waals surface area contributed by atoms with E-state index in [9.17, 15) is 4.79 Å². The molecule has 2 aromatic rings. The van der Waals surface area contributed by atoms with Gasteiger partial charge in [-0.3, -0.25) is 4.79 Å². The molecular weight excluding hydrogens is 320 g/mol. The second kappa shape index (κ2) is 6.96. The fourth-order valence-electron chi connectivity index (χ4n) is 3.12. The van der Waals surface area contributed by atoms with Crippen LogP contribution in [0.3, 0.4) is 0 Å². The first kappa shape index (κ1) is 15.7. The molecule has 7 nitrogen and oxygen atoms in total. The topological polar surface area (TPSA) is 85.4 Å². The van der Waals surface area contributed by atoms with E-state index < -0.39 is 0 Å².